The van der Waals surface area contributed by atoms with Gasteiger partial charge in [0.1, 0.15) is 11.5 Å². The first-order valence-corrected chi connectivity index (χ1v) is 10.1. The first-order chi connectivity index (χ1) is 14.5. The Kier molecular flexibility index (Phi) is 5.54. The number of anilines is 1. The SMILES string of the molecule is O=C(O)c1ccccc1S[C@@H]1CC(=O)N(c2ccc(Oc3ccccc3)cc2)C1=O. The lowest BCUT2D eigenvalue weighted by molar-refractivity contribution is -0.121. The van der Waals surface area contributed by atoms with E-state index in [9.17, 15) is 19.5 Å². The van der Waals surface area contributed by atoms with Crippen molar-refractivity contribution in [2.45, 2.75) is 16.6 Å². The van der Waals surface area contributed by atoms with Crippen molar-refractivity contribution in [1.82, 2.24) is 0 Å². The number of hydrogen-bond acceptors (Lipinski definition) is 5. The standard InChI is InChI=1S/C23H17NO5S/c25-21-14-20(30-19-9-5-4-8-18(19)23(27)28)22(26)24(21)15-10-12-17(13-11-15)29-16-6-2-1-3-7-16/h1-13,20H,14H2,(H,27,28)/t20-/m1/s1. The van der Waals surface area contributed by atoms with Gasteiger partial charge in [-0.1, -0.05) is 30.3 Å². The molecular weight excluding hydrogens is 402 g/mol. The number of imide groups is 1. The molecule has 1 atom stereocenters. The first-order valence-electron chi connectivity index (χ1n) is 9.21. The number of carboxylic acids is 1. The minimum Gasteiger partial charge on any atom is -0.478 e. The second-order valence-corrected chi connectivity index (χ2v) is 7.83. The minimum absolute atomic E-state index is 0.0136. The van der Waals surface area contributed by atoms with Gasteiger partial charge in [0, 0.05) is 11.3 Å². The molecule has 2 amide bonds. The average Bonchev–Trinajstić information content (AvgIpc) is 3.03. The summed E-state index contributed by atoms with van der Waals surface area (Å²) in [4.78, 5) is 38.4. The van der Waals surface area contributed by atoms with Crippen LogP contribution in [0, 0.1) is 0 Å². The van der Waals surface area contributed by atoms with Gasteiger partial charge in [-0.25, -0.2) is 9.69 Å². The van der Waals surface area contributed by atoms with E-state index in [1.165, 1.54) is 6.07 Å². The fourth-order valence-corrected chi connectivity index (χ4v) is 4.33. The molecule has 3 aromatic carbocycles. The van der Waals surface area contributed by atoms with E-state index in [2.05, 4.69) is 0 Å². The van der Waals surface area contributed by atoms with Gasteiger partial charge in [0.2, 0.25) is 11.8 Å². The minimum atomic E-state index is -1.07. The molecule has 0 aromatic heterocycles. The third-order valence-electron chi connectivity index (χ3n) is 4.57. The third kappa shape index (κ3) is 4.06. The number of benzene rings is 3. The average molecular weight is 419 g/mol. The molecule has 3 aromatic rings. The van der Waals surface area contributed by atoms with E-state index < -0.39 is 11.2 Å². The van der Waals surface area contributed by atoms with Crippen LogP contribution in [0.1, 0.15) is 16.8 Å². The van der Waals surface area contributed by atoms with Crippen molar-refractivity contribution in [3.63, 3.8) is 0 Å². The molecule has 1 aliphatic rings. The van der Waals surface area contributed by atoms with Gasteiger partial charge in [0.05, 0.1) is 16.5 Å². The number of rotatable bonds is 6. The number of amides is 2. The Bertz CT molecular complexity index is 1100. The fraction of sp³-hybridized carbons (Fsp3) is 0.0870. The van der Waals surface area contributed by atoms with Crippen LogP contribution >= 0.6 is 11.8 Å². The smallest absolute Gasteiger partial charge is 0.336 e. The summed E-state index contributed by atoms with van der Waals surface area (Å²) in [6, 6.07) is 22.5. The Morgan fingerprint density at radius 2 is 1.53 bits per heavy atom. The van der Waals surface area contributed by atoms with E-state index in [-0.39, 0.29) is 23.8 Å². The molecule has 1 N–H and O–H groups in total. The van der Waals surface area contributed by atoms with Crippen LogP contribution in [0.4, 0.5) is 5.69 Å². The lowest BCUT2D eigenvalue weighted by atomic mass is 10.2. The molecule has 150 valence electrons. The van der Waals surface area contributed by atoms with Crippen LogP contribution in [-0.2, 0) is 9.59 Å². The normalized spacial score (nSPS) is 16.0. The van der Waals surface area contributed by atoms with Crippen LogP contribution in [-0.4, -0.2) is 28.1 Å². The van der Waals surface area contributed by atoms with Gasteiger partial charge >= 0.3 is 5.97 Å². The number of ether oxygens (including phenoxy) is 1. The largest absolute Gasteiger partial charge is 0.478 e. The molecule has 1 fully saturated rings. The van der Waals surface area contributed by atoms with Crippen molar-refractivity contribution in [3.8, 4) is 11.5 Å². The van der Waals surface area contributed by atoms with Gasteiger partial charge < -0.3 is 9.84 Å². The molecule has 0 bridgehead atoms. The van der Waals surface area contributed by atoms with Crippen molar-refractivity contribution < 1.29 is 24.2 Å². The van der Waals surface area contributed by atoms with Crippen molar-refractivity contribution in [1.29, 1.82) is 0 Å². The van der Waals surface area contributed by atoms with E-state index in [4.69, 9.17) is 4.74 Å². The number of nitrogens with zero attached hydrogens (tertiary/aromatic N) is 1. The van der Waals surface area contributed by atoms with E-state index >= 15 is 0 Å². The van der Waals surface area contributed by atoms with Crippen molar-refractivity contribution in [3.05, 3.63) is 84.4 Å². The highest BCUT2D eigenvalue weighted by Crippen LogP contribution is 2.36. The van der Waals surface area contributed by atoms with E-state index in [0.29, 0.717) is 22.1 Å². The molecule has 1 aliphatic heterocycles. The zero-order chi connectivity index (χ0) is 21.1. The molecule has 6 nitrogen and oxygen atoms in total. The van der Waals surface area contributed by atoms with E-state index in [1.54, 1.807) is 42.5 Å². The highest BCUT2D eigenvalue weighted by atomic mass is 32.2. The van der Waals surface area contributed by atoms with Crippen LogP contribution in [0.3, 0.4) is 0 Å². The Labute approximate surface area is 177 Å². The van der Waals surface area contributed by atoms with E-state index in [0.717, 1.165) is 16.7 Å². The quantitative estimate of drug-likeness (QED) is 0.588. The van der Waals surface area contributed by atoms with Gasteiger partial charge in [0.25, 0.3) is 0 Å². The summed E-state index contributed by atoms with van der Waals surface area (Å²) in [5, 5.41) is 8.66. The van der Waals surface area contributed by atoms with Crippen LogP contribution in [0.15, 0.2) is 83.8 Å². The first kappa shape index (κ1) is 19.7. The van der Waals surface area contributed by atoms with Crippen LogP contribution in [0.25, 0.3) is 0 Å². The molecule has 4 rings (SSSR count). The zero-order valence-electron chi connectivity index (χ0n) is 15.7. The Morgan fingerprint density at radius 3 is 2.23 bits per heavy atom. The Morgan fingerprint density at radius 1 is 0.900 bits per heavy atom. The topological polar surface area (TPSA) is 83.9 Å². The zero-order valence-corrected chi connectivity index (χ0v) is 16.5. The van der Waals surface area contributed by atoms with E-state index in [1.807, 2.05) is 30.3 Å². The molecule has 0 unspecified atom stereocenters. The number of aromatic carboxylic acids is 1. The molecule has 7 heteroatoms. The maximum atomic E-state index is 12.9. The monoisotopic (exact) mass is 419 g/mol. The van der Waals surface area contributed by atoms with Gasteiger partial charge in [-0.15, -0.1) is 11.8 Å². The maximum absolute atomic E-state index is 12.9. The summed E-state index contributed by atoms with van der Waals surface area (Å²) in [7, 11) is 0. The highest BCUT2D eigenvalue weighted by molar-refractivity contribution is 8.00. The van der Waals surface area contributed by atoms with Crippen LogP contribution in [0.5, 0.6) is 11.5 Å². The fourth-order valence-electron chi connectivity index (χ4n) is 3.15. The van der Waals surface area contributed by atoms with Gasteiger partial charge in [-0.05, 0) is 48.5 Å². The Balaban J connectivity index is 1.50. The Hall–Kier alpha value is -3.58. The van der Waals surface area contributed by atoms with Gasteiger partial charge in [-0.3, -0.25) is 9.59 Å². The van der Waals surface area contributed by atoms with Gasteiger partial charge in [-0.2, -0.15) is 0 Å². The number of carbonyl (C=O) groups excluding carboxylic acids is 2. The van der Waals surface area contributed by atoms with Crippen molar-refractivity contribution in [2.24, 2.45) is 0 Å². The lowest BCUT2D eigenvalue weighted by Gasteiger charge is -2.16. The third-order valence-corrected chi connectivity index (χ3v) is 5.83. The second-order valence-electron chi connectivity index (χ2n) is 6.59. The number of thioether (sulfide) groups is 1. The summed E-state index contributed by atoms with van der Waals surface area (Å²) in [6.07, 6.45) is 0.0136. The van der Waals surface area contributed by atoms with Crippen molar-refractivity contribution in [2.75, 3.05) is 4.90 Å². The second kappa shape index (κ2) is 8.42. The number of para-hydroxylation sites is 1. The molecule has 1 heterocycles. The number of hydrogen-bond donors (Lipinski definition) is 1. The lowest BCUT2D eigenvalue weighted by Crippen LogP contribution is -2.31. The van der Waals surface area contributed by atoms with Gasteiger partial charge in [0.15, 0.2) is 0 Å². The summed E-state index contributed by atoms with van der Waals surface area (Å²) in [6.45, 7) is 0. The summed E-state index contributed by atoms with van der Waals surface area (Å²) in [5.41, 5.74) is 0.573. The molecular formula is C23H17NO5S. The highest BCUT2D eigenvalue weighted by Gasteiger charge is 2.40. The van der Waals surface area contributed by atoms with Crippen molar-refractivity contribution >= 4 is 35.2 Å². The van der Waals surface area contributed by atoms with Crippen LogP contribution in [0.2, 0.25) is 0 Å². The molecule has 0 saturated carbocycles. The maximum Gasteiger partial charge on any atom is 0.336 e. The summed E-state index contributed by atoms with van der Waals surface area (Å²) >= 11 is 1.10. The summed E-state index contributed by atoms with van der Waals surface area (Å²) in [5.74, 6) is -0.470. The molecule has 30 heavy (non-hydrogen) atoms. The molecule has 0 spiro atoms. The molecule has 0 aliphatic carbocycles. The predicted octanol–water partition coefficient (Wildman–Crippen LogP) is 4.60. The predicted molar refractivity (Wildman–Crippen MR) is 113 cm³/mol. The molecule has 0 radical (unpaired) electrons. The summed E-state index contributed by atoms with van der Waals surface area (Å²) < 4.78 is 5.74. The number of carboxylic acid groups (broad SMARTS) is 1. The number of carbonyl (C=O) groups is 3. The van der Waals surface area contributed by atoms with Crippen LogP contribution < -0.4 is 9.64 Å². The molecule has 1 saturated heterocycles.